The van der Waals surface area contributed by atoms with Crippen molar-refractivity contribution in [2.45, 2.75) is 32.7 Å². The second-order valence-corrected chi connectivity index (χ2v) is 7.08. The fourth-order valence-electron chi connectivity index (χ4n) is 3.08. The van der Waals surface area contributed by atoms with Gasteiger partial charge in [-0.1, -0.05) is 23.7 Å². The van der Waals surface area contributed by atoms with E-state index in [-0.39, 0.29) is 18.4 Å². The topological polar surface area (TPSA) is 58.6 Å². The summed E-state index contributed by atoms with van der Waals surface area (Å²) in [5.74, 6) is 0.595. The smallest absolute Gasteiger partial charge is 0.258 e. The number of rotatable bonds is 6. The van der Waals surface area contributed by atoms with Crippen molar-refractivity contribution in [1.82, 2.24) is 5.32 Å². The number of carbonyl (C=O) groups excluding carboxylic acids is 2. The molecule has 5 nitrogen and oxygen atoms in total. The van der Waals surface area contributed by atoms with Crippen LogP contribution in [0.25, 0.3) is 0 Å². The molecule has 0 saturated carbocycles. The monoisotopic (exact) mass is 386 g/mol. The Labute approximate surface area is 164 Å². The van der Waals surface area contributed by atoms with Gasteiger partial charge in [0.15, 0.2) is 6.61 Å². The van der Waals surface area contributed by atoms with Crippen LogP contribution in [0.4, 0.5) is 5.69 Å². The first-order valence-corrected chi connectivity index (χ1v) is 9.46. The Morgan fingerprint density at radius 2 is 2.07 bits per heavy atom. The van der Waals surface area contributed by atoms with Crippen LogP contribution in [0.1, 0.15) is 30.4 Å². The molecule has 0 aromatic heterocycles. The highest BCUT2D eigenvalue weighted by atomic mass is 35.5. The van der Waals surface area contributed by atoms with Gasteiger partial charge in [-0.25, -0.2) is 0 Å². The van der Waals surface area contributed by atoms with Crippen LogP contribution in [0.5, 0.6) is 5.75 Å². The van der Waals surface area contributed by atoms with Crippen molar-refractivity contribution in [3.05, 3.63) is 58.6 Å². The van der Waals surface area contributed by atoms with Crippen molar-refractivity contribution in [3.63, 3.8) is 0 Å². The third-order valence-electron chi connectivity index (χ3n) is 4.53. The average molecular weight is 387 g/mol. The summed E-state index contributed by atoms with van der Waals surface area (Å²) in [6.45, 7) is 2.96. The molecule has 0 bridgehead atoms. The molecule has 1 saturated heterocycles. The van der Waals surface area contributed by atoms with Gasteiger partial charge < -0.3 is 15.0 Å². The normalized spacial score (nSPS) is 14.1. The zero-order valence-corrected chi connectivity index (χ0v) is 16.1. The fraction of sp³-hybridized carbons (Fsp3) is 0.333. The van der Waals surface area contributed by atoms with Crippen molar-refractivity contribution in [2.75, 3.05) is 18.1 Å². The van der Waals surface area contributed by atoms with Crippen LogP contribution < -0.4 is 15.0 Å². The molecule has 1 heterocycles. The molecule has 1 fully saturated rings. The van der Waals surface area contributed by atoms with Crippen LogP contribution in [0.2, 0.25) is 5.02 Å². The van der Waals surface area contributed by atoms with Crippen LogP contribution >= 0.6 is 11.6 Å². The molecule has 0 atom stereocenters. The zero-order chi connectivity index (χ0) is 19.2. The van der Waals surface area contributed by atoms with E-state index in [1.54, 1.807) is 18.2 Å². The number of nitrogens with zero attached hydrogens (tertiary/aromatic N) is 1. The van der Waals surface area contributed by atoms with E-state index in [4.69, 9.17) is 16.3 Å². The van der Waals surface area contributed by atoms with Crippen LogP contribution in [0.3, 0.4) is 0 Å². The second kappa shape index (κ2) is 8.91. The van der Waals surface area contributed by atoms with Gasteiger partial charge in [0.2, 0.25) is 5.91 Å². The maximum atomic E-state index is 12.1. The largest absolute Gasteiger partial charge is 0.484 e. The van der Waals surface area contributed by atoms with E-state index in [0.717, 1.165) is 36.2 Å². The molecule has 27 heavy (non-hydrogen) atoms. The molecule has 3 rings (SSSR count). The van der Waals surface area contributed by atoms with Crippen LogP contribution in [-0.4, -0.2) is 25.0 Å². The van der Waals surface area contributed by atoms with Gasteiger partial charge in [0, 0.05) is 30.2 Å². The summed E-state index contributed by atoms with van der Waals surface area (Å²) in [6, 6.07) is 13.0. The first kappa shape index (κ1) is 19.2. The minimum atomic E-state index is -0.205. The van der Waals surface area contributed by atoms with E-state index in [1.807, 2.05) is 36.1 Å². The lowest BCUT2D eigenvalue weighted by molar-refractivity contribution is -0.123. The number of carbonyl (C=O) groups is 2. The summed E-state index contributed by atoms with van der Waals surface area (Å²) in [5.41, 5.74) is 2.72. The summed E-state index contributed by atoms with van der Waals surface area (Å²) in [7, 11) is 0. The quantitative estimate of drug-likeness (QED) is 0.820. The van der Waals surface area contributed by atoms with Crippen LogP contribution in [-0.2, 0) is 16.1 Å². The predicted octanol–water partition coefficient (Wildman–Crippen LogP) is 3.86. The third-order valence-corrected chi connectivity index (χ3v) is 4.77. The number of hydrogen-bond donors (Lipinski definition) is 1. The van der Waals surface area contributed by atoms with E-state index in [0.29, 0.717) is 23.7 Å². The van der Waals surface area contributed by atoms with Crippen molar-refractivity contribution >= 4 is 29.1 Å². The lowest BCUT2D eigenvalue weighted by Gasteiger charge is -2.27. The summed E-state index contributed by atoms with van der Waals surface area (Å²) in [4.78, 5) is 26.0. The molecule has 1 N–H and O–H groups in total. The predicted molar refractivity (Wildman–Crippen MR) is 106 cm³/mol. The summed E-state index contributed by atoms with van der Waals surface area (Å²) < 4.78 is 5.55. The molecule has 1 aliphatic rings. The van der Waals surface area contributed by atoms with Gasteiger partial charge in [-0.3, -0.25) is 9.59 Å². The van der Waals surface area contributed by atoms with Crippen LogP contribution in [0, 0.1) is 6.92 Å². The van der Waals surface area contributed by atoms with Crippen LogP contribution in [0.15, 0.2) is 42.5 Å². The van der Waals surface area contributed by atoms with E-state index in [9.17, 15) is 9.59 Å². The maximum absolute atomic E-state index is 12.1. The van der Waals surface area contributed by atoms with Gasteiger partial charge in [0.25, 0.3) is 5.91 Å². The van der Waals surface area contributed by atoms with Gasteiger partial charge in [0.1, 0.15) is 5.75 Å². The molecule has 0 aliphatic carbocycles. The second-order valence-electron chi connectivity index (χ2n) is 6.65. The van der Waals surface area contributed by atoms with E-state index in [1.165, 1.54) is 0 Å². The Kier molecular flexibility index (Phi) is 6.35. The van der Waals surface area contributed by atoms with Gasteiger partial charge >= 0.3 is 0 Å². The lowest BCUT2D eigenvalue weighted by Crippen LogP contribution is -2.35. The Balaban J connectivity index is 1.52. The number of aryl methyl sites for hydroxylation is 1. The highest BCUT2D eigenvalue weighted by molar-refractivity contribution is 6.30. The molecular formula is C21H23ClN2O3. The van der Waals surface area contributed by atoms with E-state index >= 15 is 0 Å². The Bertz CT molecular complexity index is 838. The van der Waals surface area contributed by atoms with Crippen molar-refractivity contribution in [1.29, 1.82) is 0 Å². The van der Waals surface area contributed by atoms with Gasteiger partial charge in [-0.05, 0) is 61.2 Å². The Morgan fingerprint density at radius 1 is 1.22 bits per heavy atom. The van der Waals surface area contributed by atoms with Gasteiger partial charge in [-0.15, -0.1) is 0 Å². The van der Waals surface area contributed by atoms with Crippen molar-refractivity contribution < 1.29 is 14.3 Å². The molecule has 1 aliphatic heterocycles. The minimum Gasteiger partial charge on any atom is -0.484 e. The highest BCUT2D eigenvalue weighted by Gasteiger charge is 2.19. The van der Waals surface area contributed by atoms with Gasteiger partial charge in [0.05, 0.1) is 0 Å². The Hall–Kier alpha value is -2.53. The average Bonchev–Trinajstić information content (AvgIpc) is 2.66. The van der Waals surface area contributed by atoms with Crippen molar-refractivity contribution in [2.24, 2.45) is 0 Å². The lowest BCUT2D eigenvalue weighted by atomic mass is 10.1. The molecular weight excluding hydrogens is 364 g/mol. The molecule has 0 spiro atoms. The standard InChI is InChI=1S/C21H23ClN2O3/c1-15-11-17(22)8-9-19(15)27-14-20(25)23-13-16-5-4-6-18(12-16)24-10-3-2-7-21(24)26/h4-6,8-9,11-12H,2-3,7,10,13-14H2,1H3,(H,23,25). The third kappa shape index (κ3) is 5.23. The number of nitrogens with one attached hydrogen (secondary N) is 1. The molecule has 2 aromatic carbocycles. The highest BCUT2D eigenvalue weighted by Crippen LogP contribution is 2.23. The summed E-state index contributed by atoms with van der Waals surface area (Å²) >= 11 is 5.92. The fourth-order valence-corrected chi connectivity index (χ4v) is 3.31. The summed E-state index contributed by atoms with van der Waals surface area (Å²) in [6.07, 6.45) is 2.58. The number of amides is 2. The maximum Gasteiger partial charge on any atom is 0.258 e. The van der Waals surface area contributed by atoms with Gasteiger partial charge in [-0.2, -0.15) is 0 Å². The van der Waals surface area contributed by atoms with E-state index < -0.39 is 0 Å². The SMILES string of the molecule is Cc1cc(Cl)ccc1OCC(=O)NCc1cccc(N2CCCCC2=O)c1. The molecule has 2 amide bonds. The number of halogens is 1. The molecule has 0 radical (unpaired) electrons. The molecule has 6 heteroatoms. The number of piperidine rings is 1. The number of anilines is 1. The minimum absolute atomic E-state index is 0.0627. The Morgan fingerprint density at radius 3 is 2.85 bits per heavy atom. The summed E-state index contributed by atoms with van der Waals surface area (Å²) in [5, 5.41) is 3.48. The first-order chi connectivity index (χ1) is 13.0. The zero-order valence-electron chi connectivity index (χ0n) is 15.3. The number of benzene rings is 2. The number of ether oxygens (including phenoxy) is 1. The van der Waals surface area contributed by atoms with Crippen molar-refractivity contribution in [3.8, 4) is 5.75 Å². The molecule has 2 aromatic rings. The van der Waals surface area contributed by atoms with E-state index in [2.05, 4.69) is 5.32 Å². The number of hydrogen-bond acceptors (Lipinski definition) is 3. The molecule has 0 unspecified atom stereocenters. The molecule has 142 valence electrons. The first-order valence-electron chi connectivity index (χ1n) is 9.08.